The van der Waals surface area contributed by atoms with Crippen LogP contribution in [-0.2, 0) is 0 Å². The highest BCUT2D eigenvalue weighted by Crippen LogP contribution is 2.37. The fourth-order valence-corrected chi connectivity index (χ4v) is 1.85. The Morgan fingerprint density at radius 1 is 1.47 bits per heavy atom. The van der Waals surface area contributed by atoms with Crippen LogP contribution in [0, 0.1) is 6.92 Å². The van der Waals surface area contributed by atoms with Gasteiger partial charge >= 0.3 is 0 Å². The first-order valence-corrected chi connectivity index (χ1v) is 4.81. The lowest BCUT2D eigenvalue weighted by Gasteiger charge is -1.98. The molecule has 0 aliphatic rings. The van der Waals surface area contributed by atoms with Crippen LogP contribution in [-0.4, -0.2) is 10.9 Å². The number of aromatic hydroxyl groups is 1. The van der Waals surface area contributed by atoms with E-state index in [0.717, 1.165) is 0 Å². The van der Waals surface area contributed by atoms with Crippen molar-refractivity contribution >= 4 is 28.4 Å². The first-order valence-electron chi connectivity index (χ1n) is 4.44. The van der Waals surface area contributed by atoms with Crippen LogP contribution in [0.15, 0.2) is 16.5 Å². The number of furan rings is 1. The summed E-state index contributed by atoms with van der Waals surface area (Å²) in [6, 6.07) is 3.17. The number of benzene rings is 1. The fourth-order valence-electron chi connectivity index (χ4n) is 1.69. The van der Waals surface area contributed by atoms with Gasteiger partial charge in [0.1, 0.15) is 17.1 Å². The van der Waals surface area contributed by atoms with Crippen LogP contribution in [0.2, 0.25) is 5.02 Å². The molecule has 0 bridgehead atoms. The molecule has 0 aliphatic heterocycles. The topological polar surface area (TPSA) is 50.4 Å². The van der Waals surface area contributed by atoms with Gasteiger partial charge in [-0.1, -0.05) is 11.6 Å². The molecule has 15 heavy (non-hydrogen) atoms. The van der Waals surface area contributed by atoms with Gasteiger partial charge in [0.05, 0.1) is 16.0 Å². The molecule has 0 spiro atoms. The number of carbonyl (C=O) groups is 1. The highest BCUT2D eigenvalue weighted by molar-refractivity contribution is 6.33. The van der Waals surface area contributed by atoms with E-state index in [4.69, 9.17) is 16.0 Å². The van der Waals surface area contributed by atoms with Gasteiger partial charge in [-0.3, -0.25) is 4.79 Å². The summed E-state index contributed by atoms with van der Waals surface area (Å²) in [7, 11) is 0. The largest absolute Gasteiger partial charge is 0.506 e. The van der Waals surface area contributed by atoms with Crippen molar-refractivity contribution in [2.45, 2.75) is 13.8 Å². The van der Waals surface area contributed by atoms with Crippen LogP contribution in [0.1, 0.15) is 23.0 Å². The predicted molar refractivity (Wildman–Crippen MR) is 57.6 cm³/mol. The second kappa shape index (κ2) is 3.28. The Morgan fingerprint density at radius 3 is 2.73 bits per heavy atom. The van der Waals surface area contributed by atoms with Crippen molar-refractivity contribution in [2.24, 2.45) is 0 Å². The maximum atomic E-state index is 11.4. The summed E-state index contributed by atoms with van der Waals surface area (Å²) < 4.78 is 5.36. The van der Waals surface area contributed by atoms with Gasteiger partial charge in [0.2, 0.25) is 0 Å². The van der Waals surface area contributed by atoms with E-state index in [9.17, 15) is 9.90 Å². The van der Waals surface area contributed by atoms with Crippen molar-refractivity contribution in [2.75, 3.05) is 0 Å². The number of hydrogen-bond acceptors (Lipinski definition) is 3. The molecule has 2 rings (SSSR count). The minimum atomic E-state index is -0.149. The molecule has 2 aromatic rings. The maximum absolute atomic E-state index is 11.4. The third-order valence-electron chi connectivity index (χ3n) is 2.31. The highest BCUT2D eigenvalue weighted by Gasteiger charge is 2.19. The lowest BCUT2D eigenvalue weighted by atomic mass is 10.1. The van der Waals surface area contributed by atoms with Crippen LogP contribution in [0.4, 0.5) is 0 Å². The van der Waals surface area contributed by atoms with E-state index < -0.39 is 0 Å². The molecule has 1 heterocycles. The first-order chi connectivity index (χ1) is 7.02. The van der Waals surface area contributed by atoms with Gasteiger partial charge in [0, 0.05) is 0 Å². The normalized spacial score (nSPS) is 10.9. The predicted octanol–water partition coefficient (Wildman–Crippen LogP) is 3.30. The van der Waals surface area contributed by atoms with Gasteiger partial charge < -0.3 is 9.52 Å². The summed E-state index contributed by atoms with van der Waals surface area (Å²) in [6.45, 7) is 3.11. The summed E-state index contributed by atoms with van der Waals surface area (Å²) in [6.07, 6.45) is 0. The average Bonchev–Trinajstić information content (AvgIpc) is 2.49. The van der Waals surface area contributed by atoms with Crippen molar-refractivity contribution < 1.29 is 14.3 Å². The smallest absolute Gasteiger partial charge is 0.164 e. The van der Waals surface area contributed by atoms with Gasteiger partial charge in [0.25, 0.3) is 0 Å². The molecule has 0 atom stereocenters. The number of phenols is 1. The number of carbonyl (C=O) groups excluding carboxylic acids is 1. The summed E-state index contributed by atoms with van der Waals surface area (Å²) in [5.74, 6) is 0.245. The standard InChI is InChI=1S/C11H9ClO3/c1-5(13)9-6(2)15-8-4-3-7(12)11(14)10(8)9/h3-4,14H,1-2H3. The Kier molecular flexibility index (Phi) is 2.20. The van der Waals surface area contributed by atoms with Crippen molar-refractivity contribution in [1.82, 2.24) is 0 Å². The third-order valence-corrected chi connectivity index (χ3v) is 2.61. The molecule has 1 aromatic carbocycles. The van der Waals surface area contributed by atoms with Crippen LogP contribution < -0.4 is 0 Å². The lowest BCUT2D eigenvalue weighted by Crippen LogP contribution is -1.92. The number of halogens is 1. The Morgan fingerprint density at radius 2 is 2.13 bits per heavy atom. The number of aryl methyl sites for hydroxylation is 1. The molecule has 78 valence electrons. The van der Waals surface area contributed by atoms with Gasteiger partial charge in [-0.05, 0) is 26.0 Å². The number of hydrogen-bond donors (Lipinski definition) is 1. The summed E-state index contributed by atoms with van der Waals surface area (Å²) in [5.41, 5.74) is 0.865. The molecule has 0 saturated carbocycles. The number of Topliss-reactive ketones (excluding diaryl/α,β-unsaturated/α-hetero) is 1. The Hall–Kier alpha value is -1.48. The summed E-state index contributed by atoms with van der Waals surface area (Å²) in [4.78, 5) is 11.4. The number of rotatable bonds is 1. The Bertz CT molecular complexity index is 554. The van der Waals surface area contributed by atoms with E-state index in [2.05, 4.69) is 0 Å². The van der Waals surface area contributed by atoms with Crippen LogP contribution in [0.5, 0.6) is 5.75 Å². The third kappa shape index (κ3) is 1.39. The molecule has 1 aromatic heterocycles. The van der Waals surface area contributed by atoms with Gasteiger partial charge in [0.15, 0.2) is 5.78 Å². The van der Waals surface area contributed by atoms with Gasteiger partial charge in [-0.15, -0.1) is 0 Å². The van der Waals surface area contributed by atoms with Crippen molar-refractivity contribution in [3.05, 3.63) is 28.5 Å². The minimum Gasteiger partial charge on any atom is -0.506 e. The quantitative estimate of drug-likeness (QED) is 0.756. The zero-order chi connectivity index (χ0) is 11.2. The number of ketones is 1. The highest BCUT2D eigenvalue weighted by atomic mass is 35.5. The van der Waals surface area contributed by atoms with E-state index in [-0.39, 0.29) is 16.6 Å². The molecule has 3 nitrogen and oxygen atoms in total. The maximum Gasteiger partial charge on any atom is 0.164 e. The second-order valence-corrected chi connectivity index (χ2v) is 3.77. The zero-order valence-corrected chi connectivity index (χ0v) is 9.05. The fraction of sp³-hybridized carbons (Fsp3) is 0.182. The SMILES string of the molecule is CC(=O)c1c(C)oc2ccc(Cl)c(O)c12. The molecule has 0 aliphatic carbocycles. The molecular weight excluding hydrogens is 216 g/mol. The molecular formula is C11H9ClO3. The number of phenolic OH excluding ortho intramolecular Hbond substituents is 1. The van der Waals surface area contributed by atoms with E-state index in [0.29, 0.717) is 22.3 Å². The van der Waals surface area contributed by atoms with E-state index >= 15 is 0 Å². The molecule has 0 radical (unpaired) electrons. The van der Waals surface area contributed by atoms with Crippen LogP contribution in [0.3, 0.4) is 0 Å². The molecule has 0 fully saturated rings. The zero-order valence-electron chi connectivity index (χ0n) is 8.30. The molecule has 0 amide bonds. The van der Waals surface area contributed by atoms with E-state index in [1.807, 2.05) is 0 Å². The van der Waals surface area contributed by atoms with Gasteiger partial charge in [-0.25, -0.2) is 0 Å². The molecule has 0 unspecified atom stereocenters. The number of fused-ring (bicyclic) bond motifs is 1. The Labute approximate surface area is 91.3 Å². The van der Waals surface area contributed by atoms with E-state index in [1.54, 1.807) is 13.0 Å². The molecule has 4 heteroatoms. The molecule has 1 N–H and O–H groups in total. The van der Waals surface area contributed by atoms with Crippen molar-refractivity contribution in [3.8, 4) is 5.75 Å². The van der Waals surface area contributed by atoms with E-state index in [1.165, 1.54) is 13.0 Å². The molecule has 0 saturated heterocycles. The van der Waals surface area contributed by atoms with Crippen LogP contribution in [0.25, 0.3) is 11.0 Å². The minimum absolute atomic E-state index is 0.101. The second-order valence-electron chi connectivity index (χ2n) is 3.36. The first kappa shape index (κ1) is 10.1. The summed E-state index contributed by atoms with van der Waals surface area (Å²) in [5, 5.41) is 10.4. The summed E-state index contributed by atoms with van der Waals surface area (Å²) >= 11 is 5.77. The average molecular weight is 225 g/mol. The lowest BCUT2D eigenvalue weighted by molar-refractivity contribution is 0.101. The van der Waals surface area contributed by atoms with Crippen molar-refractivity contribution in [1.29, 1.82) is 0 Å². The monoisotopic (exact) mass is 224 g/mol. The Balaban J connectivity index is 2.96. The van der Waals surface area contributed by atoms with Crippen molar-refractivity contribution in [3.63, 3.8) is 0 Å². The van der Waals surface area contributed by atoms with Gasteiger partial charge in [-0.2, -0.15) is 0 Å². The van der Waals surface area contributed by atoms with Crippen LogP contribution >= 0.6 is 11.6 Å².